The summed E-state index contributed by atoms with van der Waals surface area (Å²) in [6.45, 7) is 1.89. The molecule has 5 nitrogen and oxygen atoms in total. The fourth-order valence-corrected chi connectivity index (χ4v) is 3.57. The van der Waals surface area contributed by atoms with Gasteiger partial charge in [-0.25, -0.2) is 4.98 Å². The Balaban J connectivity index is 1.84. The third-order valence-electron chi connectivity index (χ3n) is 3.83. The van der Waals surface area contributed by atoms with E-state index in [1.54, 1.807) is 4.57 Å². The van der Waals surface area contributed by atoms with Crippen LogP contribution in [0.3, 0.4) is 0 Å². The van der Waals surface area contributed by atoms with Crippen molar-refractivity contribution in [3.05, 3.63) is 54.9 Å². The largest absolute Gasteiger partial charge is 0.279 e. The number of aromatic nitrogens is 4. The Kier molecular flexibility index (Phi) is 3.38. The van der Waals surface area contributed by atoms with Gasteiger partial charge < -0.3 is 0 Å². The van der Waals surface area contributed by atoms with Crippen molar-refractivity contribution in [3.63, 3.8) is 0 Å². The van der Waals surface area contributed by atoms with Crippen LogP contribution in [-0.4, -0.2) is 30.9 Å². The smallest absolute Gasteiger partial charge is 0.244 e. The van der Waals surface area contributed by atoms with Crippen LogP contribution < -0.4 is 0 Å². The molecule has 0 aliphatic carbocycles. The lowest BCUT2D eigenvalue weighted by Gasteiger charge is -2.11. The SMILES string of the molecule is C[C@H](Sc1ncn[nH]1)C(=O)n1c2ccccc2c2ccccc21. The molecule has 4 aromatic rings. The molecule has 23 heavy (non-hydrogen) atoms. The van der Waals surface area contributed by atoms with Crippen LogP contribution in [0.1, 0.15) is 11.7 Å². The molecule has 114 valence electrons. The third kappa shape index (κ3) is 2.31. The van der Waals surface area contributed by atoms with Crippen LogP contribution in [0, 0.1) is 0 Å². The van der Waals surface area contributed by atoms with Gasteiger partial charge in [-0.05, 0) is 19.1 Å². The number of aromatic amines is 1. The van der Waals surface area contributed by atoms with Gasteiger partial charge >= 0.3 is 0 Å². The van der Waals surface area contributed by atoms with E-state index in [1.807, 2.05) is 43.3 Å². The first kappa shape index (κ1) is 14.0. The number of carbonyl (C=O) groups is 1. The number of H-pyrrole nitrogens is 1. The van der Waals surface area contributed by atoms with Gasteiger partial charge in [0, 0.05) is 10.8 Å². The van der Waals surface area contributed by atoms with Crippen LogP contribution >= 0.6 is 11.8 Å². The maximum atomic E-state index is 13.0. The summed E-state index contributed by atoms with van der Waals surface area (Å²) in [7, 11) is 0. The van der Waals surface area contributed by atoms with E-state index in [9.17, 15) is 4.79 Å². The quantitative estimate of drug-likeness (QED) is 0.584. The van der Waals surface area contributed by atoms with Crippen molar-refractivity contribution < 1.29 is 4.79 Å². The highest BCUT2D eigenvalue weighted by atomic mass is 32.2. The number of nitrogens with zero attached hydrogens (tertiary/aromatic N) is 3. The number of para-hydroxylation sites is 2. The van der Waals surface area contributed by atoms with E-state index in [-0.39, 0.29) is 11.2 Å². The van der Waals surface area contributed by atoms with Crippen molar-refractivity contribution in [3.8, 4) is 0 Å². The van der Waals surface area contributed by atoms with Crippen LogP contribution in [0.15, 0.2) is 60.0 Å². The number of hydrogen-bond acceptors (Lipinski definition) is 4. The third-order valence-corrected chi connectivity index (χ3v) is 4.80. The van der Waals surface area contributed by atoms with Crippen molar-refractivity contribution in [1.29, 1.82) is 0 Å². The minimum atomic E-state index is -0.276. The minimum absolute atomic E-state index is 0.0313. The van der Waals surface area contributed by atoms with E-state index in [2.05, 4.69) is 27.3 Å². The van der Waals surface area contributed by atoms with Gasteiger partial charge in [-0.3, -0.25) is 14.5 Å². The first-order chi connectivity index (χ1) is 11.3. The average molecular weight is 322 g/mol. The Morgan fingerprint density at radius 1 is 1.09 bits per heavy atom. The van der Waals surface area contributed by atoms with Gasteiger partial charge in [0.05, 0.1) is 16.3 Å². The maximum absolute atomic E-state index is 13.0. The first-order valence-corrected chi connectivity index (χ1v) is 8.18. The maximum Gasteiger partial charge on any atom is 0.244 e. The average Bonchev–Trinajstić information content (AvgIpc) is 3.20. The monoisotopic (exact) mass is 322 g/mol. The van der Waals surface area contributed by atoms with Gasteiger partial charge in [0.2, 0.25) is 5.91 Å². The molecule has 2 heterocycles. The summed E-state index contributed by atoms with van der Waals surface area (Å²) in [5, 5.41) is 9.16. The van der Waals surface area contributed by atoms with Crippen LogP contribution in [0.25, 0.3) is 21.8 Å². The molecule has 0 radical (unpaired) electrons. The van der Waals surface area contributed by atoms with Crippen LogP contribution in [0.4, 0.5) is 0 Å². The van der Waals surface area contributed by atoms with E-state index in [0.29, 0.717) is 5.16 Å². The Morgan fingerprint density at radius 2 is 1.70 bits per heavy atom. The highest BCUT2D eigenvalue weighted by molar-refractivity contribution is 8.00. The molecule has 1 N–H and O–H groups in total. The number of carbonyl (C=O) groups excluding carboxylic acids is 1. The molecule has 2 aromatic carbocycles. The summed E-state index contributed by atoms with van der Waals surface area (Å²) >= 11 is 1.37. The Hall–Kier alpha value is -2.60. The molecule has 1 atom stereocenters. The lowest BCUT2D eigenvalue weighted by molar-refractivity contribution is 0.0925. The zero-order valence-electron chi connectivity index (χ0n) is 12.4. The van der Waals surface area contributed by atoms with Gasteiger partial charge in [0.25, 0.3) is 0 Å². The summed E-state index contributed by atoms with van der Waals surface area (Å²) in [6, 6.07) is 16.0. The van der Waals surface area contributed by atoms with Crippen molar-refractivity contribution in [2.24, 2.45) is 0 Å². The highest BCUT2D eigenvalue weighted by Crippen LogP contribution is 2.30. The zero-order chi connectivity index (χ0) is 15.8. The number of nitrogens with one attached hydrogen (secondary N) is 1. The van der Waals surface area contributed by atoms with Gasteiger partial charge in [0.15, 0.2) is 5.16 Å². The molecule has 0 unspecified atom stereocenters. The summed E-state index contributed by atoms with van der Waals surface area (Å²) < 4.78 is 1.80. The van der Waals surface area contributed by atoms with E-state index in [1.165, 1.54) is 18.1 Å². The molecule has 6 heteroatoms. The molecule has 0 aliphatic heterocycles. The molecule has 0 saturated carbocycles. The fourth-order valence-electron chi connectivity index (χ4n) is 2.81. The van der Waals surface area contributed by atoms with Crippen molar-refractivity contribution in [2.75, 3.05) is 0 Å². The van der Waals surface area contributed by atoms with Gasteiger partial charge in [0.1, 0.15) is 6.33 Å². The summed E-state index contributed by atoms with van der Waals surface area (Å²) in [5.74, 6) is 0.0313. The molecule has 4 rings (SSSR count). The Bertz CT molecular complexity index is 937. The Labute approximate surface area is 136 Å². The standard InChI is InChI=1S/C17H14N4OS/c1-11(23-17-18-10-19-20-17)16(22)21-14-8-4-2-6-12(14)13-7-3-5-9-15(13)21/h2-11H,1H3,(H,18,19,20)/t11-/m0/s1. The van der Waals surface area contributed by atoms with Crippen LogP contribution in [0.5, 0.6) is 0 Å². The van der Waals surface area contributed by atoms with Crippen molar-refractivity contribution in [1.82, 2.24) is 19.7 Å². The predicted molar refractivity (Wildman–Crippen MR) is 91.8 cm³/mol. The Morgan fingerprint density at radius 3 is 2.26 bits per heavy atom. The number of benzene rings is 2. The second-order valence-electron chi connectivity index (χ2n) is 5.26. The molecule has 0 saturated heterocycles. The lowest BCUT2D eigenvalue weighted by atomic mass is 10.2. The predicted octanol–water partition coefficient (Wildman–Crippen LogP) is 3.73. The number of hydrogen-bond donors (Lipinski definition) is 1. The zero-order valence-corrected chi connectivity index (χ0v) is 13.2. The molecule has 0 fully saturated rings. The van der Waals surface area contributed by atoms with Gasteiger partial charge in [-0.1, -0.05) is 48.2 Å². The van der Waals surface area contributed by atoms with Crippen molar-refractivity contribution >= 4 is 39.5 Å². The molecule has 0 spiro atoms. The number of rotatable bonds is 3. The first-order valence-electron chi connectivity index (χ1n) is 7.30. The van der Waals surface area contributed by atoms with E-state index in [4.69, 9.17) is 0 Å². The molecule has 0 amide bonds. The van der Waals surface area contributed by atoms with Gasteiger partial charge in [-0.2, -0.15) is 5.10 Å². The highest BCUT2D eigenvalue weighted by Gasteiger charge is 2.22. The fraction of sp³-hybridized carbons (Fsp3) is 0.118. The summed E-state index contributed by atoms with van der Waals surface area (Å²) in [4.78, 5) is 17.1. The molecule has 0 bridgehead atoms. The topological polar surface area (TPSA) is 63.6 Å². The summed E-state index contributed by atoms with van der Waals surface area (Å²) in [6.07, 6.45) is 1.44. The van der Waals surface area contributed by atoms with E-state index < -0.39 is 0 Å². The van der Waals surface area contributed by atoms with Crippen LogP contribution in [0.2, 0.25) is 0 Å². The van der Waals surface area contributed by atoms with Gasteiger partial charge in [-0.15, -0.1) is 0 Å². The molecular formula is C17H14N4OS. The van der Waals surface area contributed by atoms with E-state index in [0.717, 1.165) is 21.8 Å². The molecule has 2 aromatic heterocycles. The van der Waals surface area contributed by atoms with Crippen molar-refractivity contribution in [2.45, 2.75) is 17.3 Å². The second kappa shape index (κ2) is 5.55. The number of fused-ring (bicyclic) bond motifs is 3. The normalized spacial score (nSPS) is 12.7. The summed E-state index contributed by atoms with van der Waals surface area (Å²) in [5.41, 5.74) is 1.87. The molecule has 0 aliphatic rings. The molecular weight excluding hydrogens is 308 g/mol. The second-order valence-corrected chi connectivity index (χ2v) is 6.59. The minimum Gasteiger partial charge on any atom is -0.279 e. The van der Waals surface area contributed by atoms with E-state index >= 15 is 0 Å². The lowest BCUT2D eigenvalue weighted by Crippen LogP contribution is -2.21. The number of thioether (sulfide) groups is 1. The van der Waals surface area contributed by atoms with Crippen LogP contribution in [-0.2, 0) is 0 Å².